The van der Waals surface area contributed by atoms with Crippen LogP contribution < -0.4 is 0 Å². The van der Waals surface area contributed by atoms with Gasteiger partial charge in [-0.15, -0.1) is 0 Å². The summed E-state index contributed by atoms with van der Waals surface area (Å²) in [6.45, 7) is 7.24. The number of amides is 1. The van der Waals surface area contributed by atoms with Crippen LogP contribution in [0.3, 0.4) is 0 Å². The highest BCUT2D eigenvalue weighted by Gasteiger charge is 2.24. The summed E-state index contributed by atoms with van der Waals surface area (Å²) < 4.78 is 5.71. The van der Waals surface area contributed by atoms with Crippen molar-refractivity contribution in [2.75, 3.05) is 39.3 Å². The fraction of sp³-hybridized carbons (Fsp3) is 0.688. The molecule has 6 heteroatoms. The predicted molar refractivity (Wildman–Crippen MR) is 82.7 cm³/mol. The van der Waals surface area contributed by atoms with Gasteiger partial charge >= 0.3 is 0 Å². The van der Waals surface area contributed by atoms with Crippen LogP contribution in [0.2, 0.25) is 0 Å². The van der Waals surface area contributed by atoms with Gasteiger partial charge in [0.05, 0.1) is 18.0 Å². The molecule has 6 nitrogen and oxygen atoms in total. The van der Waals surface area contributed by atoms with Crippen molar-refractivity contribution in [1.82, 2.24) is 19.8 Å². The molecule has 120 valence electrons. The van der Waals surface area contributed by atoms with Crippen LogP contribution in [0.5, 0.6) is 0 Å². The van der Waals surface area contributed by atoms with Gasteiger partial charge in [-0.2, -0.15) is 0 Å². The maximum Gasteiger partial charge on any atom is 0.274 e. The lowest BCUT2D eigenvalue weighted by Crippen LogP contribution is -2.37. The van der Waals surface area contributed by atoms with Crippen LogP contribution in [0.25, 0.3) is 0 Å². The molecule has 0 N–H and O–H groups in total. The SMILES string of the molecule is Cc1cnc(C(=O)N2CCCN(C[C@@H]3CCCO3)CC2)cn1. The molecule has 0 aliphatic carbocycles. The topological polar surface area (TPSA) is 58.6 Å². The third-order valence-corrected chi connectivity index (χ3v) is 4.36. The van der Waals surface area contributed by atoms with Crippen molar-refractivity contribution in [3.05, 3.63) is 23.8 Å². The van der Waals surface area contributed by atoms with Crippen LogP contribution in [-0.2, 0) is 4.74 Å². The van der Waals surface area contributed by atoms with E-state index in [9.17, 15) is 4.79 Å². The van der Waals surface area contributed by atoms with Gasteiger partial charge in [0.2, 0.25) is 0 Å². The summed E-state index contributed by atoms with van der Waals surface area (Å²) in [6, 6.07) is 0. The molecule has 2 aliphatic rings. The van der Waals surface area contributed by atoms with E-state index >= 15 is 0 Å². The minimum absolute atomic E-state index is 0.00790. The summed E-state index contributed by atoms with van der Waals surface area (Å²) in [5.41, 5.74) is 1.27. The summed E-state index contributed by atoms with van der Waals surface area (Å²) in [7, 11) is 0. The second-order valence-electron chi connectivity index (χ2n) is 6.12. The van der Waals surface area contributed by atoms with Gasteiger partial charge in [0, 0.05) is 39.0 Å². The van der Waals surface area contributed by atoms with Crippen LogP contribution >= 0.6 is 0 Å². The average Bonchev–Trinajstić information content (AvgIpc) is 2.92. The van der Waals surface area contributed by atoms with Crippen LogP contribution in [0, 0.1) is 6.92 Å². The smallest absolute Gasteiger partial charge is 0.274 e. The third-order valence-electron chi connectivity index (χ3n) is 4.36. The summed E-state index contributed by atoms with van der Waals surface area (Å²) in [6.07, 6.45) is 6.94. The lowest BCUT2D eigenvalue weighted by atomic mass is 10.2. The Hall–Kier alpha value is -1.53. The highest BCUT2D eigenvalue weighted by molar-refractivity contribution is 5.92. The third kappa shape index (κ3) is 3.81. The maximum absolute atomic E-state index is 12.5. The molecule has 2 saturated heterocycles. The van der Waals surface area contributed by atoms with E-state index in [2.05, 4.69) is 14.9 Å². The number of carbonyl (C=O) groups excluding carboxylic acids is 1. The van der Waals surface area contributed by atoms with Crippen molar-refractivity contribution < 1.29 is 9.53 Å². The molecule has 3 heterocycles. The highest BCUT2D eigenvalue weighted by Crippen LogP contribution is 2.15. The van der Waals surface area contributed by atoms with Crippen molar-refractivity contribution in [1.29, 1.82) is 0 Å². The van der Waals surface area contributed by atoms with Crippen LogP contribution in [0.4, 0.5) is 0 Å². The first-order chi connectivity index (χ1) is 10.7. The number of aromatic nitrogens is 2. The lowest BCUT2D eigenvalue weighted by molar-refractivity contribution is 0.0701. The average molecular weight is 304 g/mol. The largest absolute Gasteiger partial charge is 0.377 e. The van der Waals surface area contributed by atoms with Gasteiger partial charge in [-0.1, -0.05) is 0 Å². The fourth-order valence-electron chi connectivity index (χ4n) is 3.10. The molecule has 1 aromatic rings. The van der Waals surface area contributed by atoms with E-state index in [1.165, 1.54) is 6.42 Å². The minimum Gasteiger partial charge on any atom is -0.377 e. The second-order valence-corrected chi connectivity index (χ2v) is 6.12. The molecule has 1 amide bonds. The standard InChI is InChI=1S/C16H24N4O2/c1-13-10-18-15(11-17-13)16(21)20-6-3-5-19(7-8-20)12-14-4-2-9-22-14/h10-11,14H,2-9,12H2,1H3/t14-/m0/s1. The first-order valence-corrected chi connectivity index (χ1v) is 8.14. The number of aryl methyl sites for hydroxylation is 1. The van der Waals surface area contributed by atoms with E-state index in [4.69, 9.17) is 4.74 Å². The van der Waals surface area contributed by atoms with E-state index in [-0.39, 0.29) is 5.91 Å². The van der Waals surface area contributed by atoms with Gasteiger partial charge in [-0.05, 0) is 32.7 Å². The Balaban J connectivity index is 1.55. The van der Waals surface area contributed by atoms with Crippen molar-refractivity contribution >= 4 is 5.91 Å². The molecule has 0 spiro atoms. The molecule has 22 heavy (non-hydrogen) atoms. The molecule has 0 aromatic carbocycles. The number of ether oxygens (including phenoxy) is 1. The molecule has 0 bridgehead atoms. The van der Waals surface area contributed by atoms with Gasteiger partial charge in [0.1, 0.15) is 5.69 Å². The Labute approximate surface area is 131 Å². The molecule has 1 atom stereocenters. The van der Waals surface area contributed by atoms with E-state index in [0.717, 1.165) is 57.9 Å². The monoisotopic (exact) mass is 304 g/mol. The number of hydrogen-bond donors (Lipinski definition) is 0. The highest BCUT2D eigenvalue weighted by atomic mass is 16.5. The molecule has 0 unspecified atom stereocenters. The summed E-state index contributed by atoms with van der Waals surface area (Å²) in [4.78, 5) is 25.2. The Morgan fingerprint density at radius 1 is 1.23 bits per heavy atom. The van der Waals surface area contributed by atoms with Gasteiger partial charge in [-0.25, -0.2) is 4.98 Å². The van der Waals surface area contributed by atoms with Gasteiger partial charge < -0.3 is 9.64 Å². The Morgan fingerprint density at radius 2 is 2.14 bits per heavy atom. The molecule has 2 fully saturated rings. The minimum atomic E-state index is -0.00790. The molecular weight excluding hydrogens is 280 g/mol. The van der Waals surface area contributed by atoms with Crippen LogP contribution in [0.15, 0.2) is 12.4 Å². The van der Waals surface area contributed by atoms with Crippen molar-refractivity contribution in [2.24, 2.45) is 0 Å². The summed E-state index contributed by atoms with van der Waals surface area (Å²) >= 11 is 0. The Bertz CT molecular complexity index is 499. The van der Waals surface area contributed by atoms with Gasteiger partial charge in [0.15, 0.2) is 0 Å². The number of nitrogens with zero attached hydrogens (tertiary/aromatic N) is 4. The zero-order valence-electron chi connectivity index (χ0n) is 13.2. The molecule has 0 saturated carbocycles. The quantitative estimate of drug-likeness (QED) is 0.837. The molecule has 0 radical (unpaired) electrons. The first kappa shape index (κ1) is 15.4. The Morgan fingerprint density at radius 3 is 2.86 bits per heavy atom. The van der Waals surface area contributed by atoms with E-state index < -0.39 is 0 Å². The zero-order chi connectivity index (χ0) is 15.4. The molecule has 3 rings (SSSR count). The van der Waals surface area contributed by atoms with Crippen LogP contribution in [-0.4, -0.2) is 71.1 Å². The van der Waals surface area contributed by atoms with E-state index in [1.807, 2.05) is 11.8 Å². The molecule has 1 aromatic heterocycles. The first-order valence-electron chi connectivity index (χ1n) is 8.14. The lowest BCUT2D eigenvalue weighted by Gasteiger charge is -2.23. The number of rotatable bonds is 3. The summed E-state index contributed by atoms with van der Waals surface area (Å²) in [5, 5.41) is 0. The predicted octanol–water partition coefficient (Wildman–Crippen LogP) is 1.11. The van der Waals surface area contributed by atoms with E-state index in [0.29, 0.717) is 11.8 Å². The van der Waals surface area contributed by atoms with Crippen molar-refractivity contribution in [3.63, 3.8) is 0 Å². The van der Waals surface area contributed by atoms with Gasteiger partial charge in [-0.3, -0.25) is 14.7 Å². The van der Waals surface area contributed by atoms with Crippen LogP contribution in [0.1, 0.15) is 35.4 Å². The molecule has 2 aliphatic heterocycles. The van der Waals surface area contributed by atoms with Crippen molar-refractivity contribution in [3.8, 4) is 0 Å². The summed E-state index contributed by atoms with van der Waals surface area (Å²) in [5.74, 6) is -0.00790. The second kappa shape index (κ2) is 7.15. The Kier molecular flexibility index (Phi) is 5.00. The number of carbonyl (C=O) groups is 1. The fourth-order valence-corrected chi connectivity index (χ4v) is 3.10. The van der Waals surface area contributed by atoms with Crippen molar-refractivity contribution in [2.45, 2.75) is 32.3 Å². The van der Waals surface area contributed by atoms with E-state index in [1.54, 1.807) is 12.4 Å². The maximum atomic E-state index is 12.5. The molecular formula is C16H24N4O2. The zero-order valence-corrected chi connectivity index (χ0v) is 13.2. The number of hydrogen-bond acceptors (Lipinski definition) is 5. The normalized spacial score (nSPS) is 23.5. The van der Waals surface area contributed by atoms with Gasteiger partial charge in [0.25, 0.3) is 5.91 Å².